The summed E-state index contributed by atoms with van der Waals surface area (Å²) in [5.74, 6) is 0. The minimum Gasteiger partial charge on any atom is -0.391 e. The number of hydrogen-bond donors (Lipinski definition) is 1. The number of rotatable bonds is 4. The first-order valence-electron chi connectivity index (χ1n) is 5.59. The van der Waals surface area contributed by atoms with Gasteiger partial charge in [0, 0.05) is 14.3 Å². The highest BCUT2D eigenvalue weighted by atomic mass is 79.9. The number of aliphatic hydroxyl groups is 1. The van der Waals surface area contributed by atoms with E-state index in [1.807, 2.05) is 60.7 Å². The Bertz CT molecular complexity index is 523. The van der Waals surface area contributed by atoms with Crippen LogP contribution in [0, 0.1) is 0 Å². The summed E-state index contributed by atoms with van der Waals surface area (Å²) in [6, 6.07) is 20.0. The maximum atomic E-state index is 9.51. The van der Waals surface area contributed by atoms with Gasteiger partial charge in [-0.05, 0) is 33.6 Å². The van der Waals surface area contributed by atoms with E-state index in [4.69, 9.17) is 0 Å². The van der Waals surface area contributed by atoms with Gasteiger partial charge in [0.05, 0.1) is 6.61 Å². The van der Waals surface area contributed by atoms with Gasteiger partial charge in [-0.2, -0.15) is 0 Å². The summed E-state index contributed by atoms with van der Waals surface area (Å²) in [6.45, 7) is 0.0229. The van der Waals surface area contributed by atoms with Gasteiger partial charge >= 0.3 is 0 Å². The van der Waals surface area contributed by atoms with Crippen LogP contribution in [0.15, 0.2) is 70.5 Å². The van der Waals surface area contributed by atoms with Crippen LogP contribution in [0.2, 0.25) is 0 Å². The lowest BCUT2D eigenvalue weighted by Gasteiger charge is -2.08. The van der Waals surface area contributed by atoms with Crippen molar-refractivity contribution in [1.29, 1.82) is 0 Å². The SMILES string of the molecule is OC/C(Sc1ccccc1)=C(\Br)c1ccccc1. The molecule has 0 saturated carbocycles. The van der Waals surface area contributed by atoms with Crippen LogP contribution in [0.4, 0.5) is 0 Å². The normalized spacial score (nSPS) is 12.1. The molecule has 0 aliphatic heterocycles. The molecule has 0 heterocycles. The summed E-state index contributed by atoms with van der Waals surface area (Å²) in [6.07, 6.45) is 0. The Hall–Kier alpha value is -1.03. The van der Waals surface area contributed by atoms with Crippen LogP contribution in [0.1, 0.15) is 5.56 Å². The maximum absolute atomic E-state index is 9.51. The van der Waals surface area contributed by atoms with Crippen molar-refractivity contribution in [2.75, 3.05) is 6.61 Å². The maximum Gasteiger partial charge on any atom is 0.0755 e. The van der Waals surface area contributed by atoms with Crippen molar-refractivity contribution in [2.24, 2.45) is 0 Å². The number of aliphatic hydroxyl groups excluding tert-OH is 1. The third-order valence-corrected chi connectivity index (χ3v) is 4.69. The molecule has 0 saturated heterocycles. The van der Waals surface area contributed by atoms with Crippen molar-refractivity contribution in [1.82, 2.24) is 0 Å². The molecule has 0 aromatic heterocycles. The van der Waals surface area contributed by atoms with E-state index < -0.39 is 0 Å². The molecule has 1 N–H and O–H groups in total. The van der Waals surface area contributed by atoms with Gasteiger partial charge in [-0.3, -0.25) is 0 Å². The Kier molecular flexibility index (Phi) is 5.05. The number of hydrogen-bond acceptors (Lipinski definition) is 2. The molecular formula is C15H13BrOS. The average molecular weight is 321 g/mol. The summed E-state index contributed by atoms with van der Waals surface area (Å²) < 4.78 is 0.944. The van der Waals surface area contributed by atoms with Gasteiger partial charge in [-0.25, -0.2) is 0 Å². The molecule has 0 bridgehead atoms. The van der Waals surface area contributed by atoms with Crippen LogP contribution < -0.4 is 0 Å². The molecule has 0 aliphatic rings. The van der Waals surface area contributed by atoms with Crippen molar-refractivity contribution < 1.29 is 5.11 Å². The summed E-state index contributed by atoms with van der Waals surface area (Å²) in [5.41, 5.74) is 1.07. The summed E-state index contributed by atoms with van der Waals surface area (Å²) in [4.78, 5) is 2.03. The molecule has 3 heteroatoms. The lowest BCUT2D eigenvalue weighted by molar-refractivity contribution is 0.340. The number of thioether (sulfide) groups is 1. The van der Waals surface area contributed by atoms with Crippen LogP contribution >= 0.6 is 27.7 Å². The third-order valence-electron chi connectivity index (χ3n) is 2.40. The summed E-state index contributed by atoms with van der Waals surface area (Å²) in [5, 5.41) is 9.51. The van der Waals surface area contributed by atoms with E-state index in [9.17, 15) is 5.11 Å². The van der Waals surface area contributed by atoms with Gasteiger partial charge in [0.1, 0.15) is 0 Å². The Morgan fingerprint density at radius 3 is 2.06 bits per heavy atom. The van der Waals surface area contributed by atoms with Crippen molar-refractivity contribution in [2.45, 2.75) is 4.90 Å². The first-order valence-corrected chi connectivity index (χ1v) is 7.20. The Morgan fingerprint density at radius 1 is 0.944 bits per heavy atom. The highest BCUT2D eigenvalue weighted by molar-refractivity contribution is 9.15. The first-order chi connectivity index (χ1) is 8.81. The van der Waals surface area contributed by atoms with Gasteiger partial charge in [-0.1, -0.05) is 60.3 Å². The highest BCUT2D eigenvalue weighted by Gasteiger charge is 2.07. The fraction of sp³-hybridized carbons (Fsp3) is 0.0667. The Morgan fingerprint density at radius 2 is 1.50 bits per heavy atom. The van der Waals surface area contributed by atoms with Crippen molar-refractivity contribution in [3.8, 4) is 0 Å². The molecule has 18 heavy (non-hydrogen) atoms. The Labute approximate surface area is 120 Å². The zero-order valence-corrected chi connectivity index (χ0v) is 12.1. The van der Waals surface area contributed by atoms with Gasteiger partial charge < -0.3 is 5.11 Å². The zero-order valence-electron chi connectivity index (χ0n) is 9.71. The predicted molar refractivity (Wildman–Crippen MR) is 81.7 cm³/mol. The topological polar surface area (TPSA) is 20.2 Å². The fourth-order valence-corrected chi connectivity index (χ4v) is 3.01. The second-order valence-electron chi connectivity index (χ2n) is 3.68. The van der Waals surface area contributed by atoms with Crippen molar-refractivity contribution >= 4 is 32.2 Å². The minimum atomic E-state index is 0.0229. The predicted octanol–water partition coefficient (Wildman–Crippen LogP) is 4.53. The van der Waals surface area contributed by atoms with E-state index in [0.717, 1.165) is 19.8 Å². The molecule has 0 spiro atoms. The number of benzene rings is 2. The second kappa shape index (κ2) is 6.78. The van der Waals surface area contributed by atoms with Gasteiger partial charge in [0.2, 0.25) is 0 Å². The van der Waals surface area contributed by atoms with E-state index >= 15 is 0 Å². The van der Waals surface area contributed by atoms with Gasteiger partial charge in [0.15, 0.2) is 0 Å². The van der Waals surface area contributed by atoms with Crippen LogP contribution in [-0.2, 0) is 0 Å². The fourth-order valence-electron chi connectivity index (χ4n) is 1.52. The number of halogens is 1. The standard InChI is InChI=1S/C15H13BrOS/c16-15(12-7-3-1-4-8-12)14(11-17)18-13-9-5-2-6-10-13/h1-10,17H,11H2/b15-14+. The lowest BCUT2D eigenvalue weighted by atomic mass is 10.2. The van der Waals surface area contributed by atoms with Crippen molar-refractivity contribution in [3.63, 3.8) is 0 Å². The van der Waals surface area contributed by atoms with Crippen LogP contribution in [0.25, 0.3) is 4.48 Å². The largest absolute Gasteiger partial charge is 0.391 e. The second-order valence-corrected chi connectivity index (χ2v) is 5.64. The average Bonchev–Trinajstić information content (AvgIpc) is 2.46. The van der Waals surface area contributed by atoms with Crippen LogP contribution in [0.5, 0.6) is 0 Å². The quantitative estimate of drug-likeness (QED) is 0.835. The molecule has 92 valence electrons. The smallest absolute Gasteiger partial charge is 0.0755 e. The molecule has 0 atom stereocenters. The molecule has 1 nitrogen and oxygen atoms in total. The van der Waals surface area contributed by atoms with E-state index in [1.54, 1.807) is 11.8 Å². The van der Waals surface area contributed by atoms with E-state index in [2.05, 4.69) is 15.9 Å². The summed E-state index contributed by atoms with van der Waals surface area (Å²) >= 11 is 5.14. The molecule has 2 aromatic carbocycles. The molecule has 2 rings (SSSR count). The molecule has 0 fully saturated rings. The van der Waals surface area contributed by atoms with Gasteiger partial charge in [0.25, 0.3) is 0 Å². The molecule has 0 aliphatic carbocycles. The van der Waals surface area contributed by atoms with Crippen molar-refractivity contribution in [3.05, 3.63) is 71.1 Å². The molecule has 0 amide bonds. The van der Waals surface area contributed by atoms with Gasteiger partial charge in [-0.15, -0.1) is 0 Å². The molecule has 0 unspecified atom stereocenters. The zero-order chi connectivity index (χ0) is 12.8. The van der Waals surface area contributed by atoms with E-state index in [-0.39, 0.29) is 6.61 Å². The van der Waals surface area contributed by atoms with E-state index in [0.29, 0.717) is 0 Å². The highest BCUT2D eigenvalue weighted by Crippen LogP contribution is 2.35. The summed E-state index contributed by atoms with van der Waals surface area (Å²) in [7, 11) is 0. The van der Waals surface area contributed by atoms with Crippen LogP contribution in [-0.4, -0.2) is 11.7 Å². The lowest BCUT2D eigenvalue weighted by Crippen LogP contribution is -1.89. The van der Waals surface area contributed by atoms with E-state index in [1.165, 1.54) is 0 Å². The first kappa shape index (κ1) is 13.4. The Balaban J connectivity index is 2.28. The monoisotopic (exact) mass is 320 g/mol. The third kappa shape index (κ3) is 3.48. The molecule has 2 aromatic rings. The molecular weight excluding hydrogens is 308 g/mol. The van der Waals surface area contributed by atoms with Crippen LogP contribution in [0.3, 0.4) is 0 Å². The minimum absolute atomic E-state index is 0.0229. The molecule has 0 radical (unpaired) electrons.